The number of likely N-dealkylation sites (tertiary alicyclic amines) is 1. The maximum absolute atomic E-state index is 12.3. The van der Waals surface area contributed by atoms with E-state index in [-0.39, 0.29) is 22.9 Å². The number of carbonyl (C=O) groups is 3. The third kappa shape index (κ3) is 5.09. The van der Waals surface area contributed by atoms with Crippen LogP contribution in [0, 0.1) is 5.92 Å². The standard InChI is InChI=1S/C17H22ClN3O4/c1-2-7-19-15(22)13-4-3-12(10-14(13)18)20-17(25)21-8-5-11(6-9-21)16(23)24/h3-4,10-11H,2,5-9H2,1H3,(H,19,22)(H,20,25)(H,23,24). The first kappa shape index (κ1) is 19.1. The summed E-state index contributed by atoms with van der Waals surface area (Å²) in [7, 11) is 0. The van der Waals surface area contributed by atoms with Gasteiger partial charge < -0.3 is 20.6 Å². The summed E-state index contributed by atoms with van der Waals surface area (Å²) >= 11 is 6.14. The van der Waals surface area contributed by atoms with Crippen LogP contribution < -0.4 is 10.6 Å². The number of rotatable bonds is 5. The van der Waals surface area contributed by atoms with E-state index in [9.17, 15) is 14.4 Å². The molecule has 25 heavy (non-hydrogen) atoms. The molecule has 1 heterocycles. The van der Waals surface area contributed by atoms with Crippen LogP contribution in [-0.2, 0) is 4.79 Å². The van der Waals surface area contributed by atoms with E-state index in [1.165, 1.54) is 6.07 Å². The third-order valence-corrected chi connectivity index (χ3v) is 4.44. The van der Waals surface area contributed by atoms with Gasteiger partial charge in [0.05, 0.1) is 16.5 Å². The van der Waals surface area contributed by atoms with Crippen molar-refractivity contribution < 1.29 is 19.5 Å². The number of urea groups is 1. The van der Waals surface area contributed by atoms with Gasteiger partial charge in [0.25, 0.3) is 5.91 Å². The Bertz CT molecular complexity index is 657. The van der Waals surface area contributed by atoms with Crippen molar-refractivity contribution in [2.24, 2.45) is 5.92 Å². The third-order valence-electron chi connectivity index (χ3n) is 4.13. The van der Waals surface area contributed by atoms with Crippen LogP contribution >= 0.6 is 11.6 Å². The zero-order valence-corrected chi connectivity index (χ0v) is 14.8. The number of nitrogens with zero attached hydrogens (tertiary/aromatic N) is 1. The second-order valence-electron chi connectivity index (χ2n) is 5.98. The second kappa shape index (κ2) is 8.71. The zero-order chi connectivity index (χ0) is 18.4. The molecule has 1 saturated heterocycles. The van der Waals surface area contributed by atoms with Crippen molar-refractivity contribution in [1.29, 1.82) is 0 Å². The molecule has 0 bridgehead atoms. The highest BCUT2D eigenvalue weighted by Crippen LogP contribution is 2.22. The molecular weight excluding hydrogens is 346 g/mol. The van der Waals surface area contributed by atoms with Gasteiger partial charge >= 0.3 is 12.0 Å². The Morgan fingerprint density at radius 1 is 1.28 bits per heavy atom. The fourth-order valence-electron chi connectivity index (χ4n) is 2.64. The number of benzene rings is 1. The number of piperidine rings is 1. The summed E-state index contributed by atoms with van der Waals surface area (Å²) in [6, 6.07) is 4.42. The molecule has 3 N–H and O–H groups in total. The Morgan fingerprint density at radius 3 is 2.52 bits per heavy atom. The van der Waals surface area contributed by atoms with Crippen molar-refractivity contribution in [1.82, 2.24) is 10.2 Å². The fourth-order valence-corrected chi connectivity index (χ4v) is 2.91. The number of carboxylic acids is 1. The van der Waals surface area contributed by atoms with E-state index in [0.29, 0.717) is 43.7 Å². The summed E-state index contributed by atoms with van der Waals surface area (Å²) in [5.41, 5.74) is 0.845. The average Bonchev–Trinajstić information content (AvgIpc) is 2.59. The number of hydrogen-bond acceptors (Lipinski definition) is 3. The van der Waals surface area contributed by atoms with Crippen LogP contribution in [0.3, 0.4) is 0 Å². The normalized spacial score (nSPS) is 14.9. The first-order chi connectivity index (χ1) is 11.9. The monoisotopic (exact) mass is 367 g/mol. The molecular formula is C17H22ClN3O4. The topological polar surface area (TPSA) is 98.7 Å². The number of aliphatic carboxylic acids is 1. The highest BCUT2D eigenvalue weighted by Gasteiger charge is 2.27. The van der Waals surface area contributed by atoms with Crippen LogP contribution in [0.4, 0.5) is 10.5 Å². The Hall–Kier alpha value is -2.28. The summed E-state index contributed by atoms with van der Waals surface area (Å²) < 4.78 is 0. The SMILES string of the molecule is CCCNC(=O)c1ccc(NC(=O)N2CCC(C(=O)O)CC2)cc1Cl. The van der Waals surface area contributed by atoms with Crippen LogP contribution in [0.1, 0.15) is 36.5 Å². The quantitative estimate of drug-likeness (QED) is 0.745. The van der Waals surface area contributed by atoms with E-state index in [2.05, 4.69) is 10.6 Å². The largest absolute Gasteiger partial charge is 0.481 e. The van der Waals surface area contributed by atoms with E-state index in [1.54, 1.807) is 17.0 Å². The molecule has 1 fully saturated rings. The predicted molar refractivity (Wildman–Crippen MR) is 95.0 cm³/mol. The van der Waals surface area contributed by atoms with Gasteiger partial charge in [0.2, 0.25) is 0 Å². The molecule has 1 aliphatic heterocycles. The van der Waals surface area contributed by atoms with Gasteiger partial charge in [-0.25, -0.2) is 4.79 Å². The highest BCUT2D eigenvalue weighted by atomic mass is 35.5. The van der Waals surface area contributed by atoms with Crippen molar-refractivity contribution in [3.8, 4) is 0 Å². The second-order valence-corrected chi connectivity index (χ2v) is 6.39. The lowest BCUT2D eigenvalue weighted by molar-refractivity contribution is -0.143. The Balaban J connectivity index is 1.94. The number of amides is 3. The van der Waals surface area contributed by atoms with Crippen molar-refractivity contribution >= 4 is 35.2 Å². The van der Waals surface area contributed by atoms with Crippen molar-refractivity contribution in [3.63, 3.8) is 0 Å². The van der Waals surface area contributed by atoms with Crippen LogP contribution in [0.25, 0.3) is 0 Å². The lowest BCUT2D eigenvalue weighted by Gasteiger charge is -2.30. The maximum atomic E-state index is 12.3. The lowest BCUT2D eigenvalue weighted by Crippen LogP contribution is -2.42. The molecule has 8 heteroatoms. The predicted octanol–water partition coefficient (Wildman–Crippen LogP) is 2.81. The van der Waals surface area contributed by atoms with Crippen LogP contribution in [-0.4, -0.2) is 47.5 Å². The minimum atomic E-state index is -0.816. The number of halogens is 1. The zero-order valence-electron chi connectivity index (χ0n) is 14.0. The minimum Gasteiger partial charge on any atom is -0.481 e. The van der Waals surface area contributed by atoms with E-state index in [4.69, 9.17) is 16.7 Å². The Labute approximate surface area is 151 Å². The lowest BCUT2D eigenvalue weighted by atomic mass is 9.97. The number of carboxylic acid groups (broad SMARTS) is 1. The highest BCUT2D eigenvalue weighted by molar-refractivity contribution is 6.34. The van der Waals surface area contributed by atoms with Crippen molar-refractivity contribution in [2.45, 2.75) is 26.2 Å². The Kier molecular flexibility index (Phi) is 6.64. The first-order valence-electron chi connectivity index (χ1n) is 8.28. The van der Waals surface area contributed by atoms with Gasteiger partial charge in [0.15, 0.2) is 0 Å². The molecule has 7 nitrogen and oxygen atoms in total. The van der Waals surface area contributed by atoms with Gasteiger partial charge in [-0.05, 0) is 37.5 Å². The smallest absolute Gasteiger partial charge is 0.321 e. The fraction of sp³-hybridized carbons (Fsp3) is 0.471. The van der Waals surface area contributed by atoms with E-state index >= 15 is 0 Å². The molecule has 0 aromatic heterocycles. The molecule has 0 saturated carbocycles. The number of nitrogens with one attached hydrogen (secondary N) is 2. The first-order valence-corrected chi connectivity index (χ1v) is 8.66. The molecule has 1 aliphatic rings. The molecule has 136 valence electrons. The molecule has 0 atom stereocenters. The van der Waals surface area contributed by atoms with E-state index in [1.807, 2.05) is 6.92 Å². The summed E-state index contributed by atoms with van der Waals surface area (Å²) in [6.07, 6.45) is 1.72. The van der Waals surface area contributed by atoms with E-state index < -0.39 is 5.97 Å². The van der Waals surface area contributed by atoms with Crippen molar-refractivity contribution in [2.75, 3.05) is 25.0 Å². The molecule has 0 unspecified atom stereocenters. The summed E-state index contributed by atoms with van der Waals surface area (Å²) in [4.78, 5) is 36.7. The molecule has 0 spiro atoms. The van der Waals surface area contributed by atoms with Gasteiger partial charge in [0.1, 0.15) is 0 Å². The summed E-state index contributed by atoms with van der Waals surface area (Å²) in [5, 5.41) is 14.7. The number of carbonyl (C=O) groups excluding carboxylic acids is 2. The molecule has 3 amide bonds. The Morgan fingerprint density at radius 2 is 1.96 bits per heavy atom. The minimum absolute atomic E-state index is 0.250. The van der Waals surface area contributed by atoms with Crippen LogP contribution in [0.2, 0.25) is 5.02 Å². The average molecular weight is 368 g/mol. The maximum Gasteiger partial charge on any atom is 0.321 e. The van der Waals surface area contributed by atoms with Gasteiger partial charge in [-0.2, -0.15) is 0 Å². The van der Waals surface area contributed by atoms with Gasteiger partial charge in [-0.15, -0.1) is 0 Å². The summed E-state index contributed by atoms with van der Waals surface area (Å²) in [5.74, 6) is -1.45. The van der Waals surface area contributed by atoms with Gasteiger partial charge in [0, 0.05) is 25.3 Å². The van der Waals surface area contributed by atoms with Gasteiger partial charge in [-0.3, -0.25) is 9.59 Å². The molecule has 2 rings (SSSR count). The van der Waals surface area contributed by atoms with Crippen molar-refractivity contribution in [3.05, 3.63) is 28.8 Å². The van der Waals surface area contributed by atoms with Crippen LogP contribution in [0.5, 0.6) is 0 Å². The molecule has 1 aromatic carbocycles. The van der Waals surface area contributed by atoms with Crippen LogP contribution in [0.15, 0.2) is 18.2 Å². The van der Waals surface area contributed by atoms with E-state index in [0.717, 1.165) is 6.42 Å². The van der Waals surface area contributed by atoms with Gasteiger partial charge in [-0.1, -0.05) is 18.5 Å². The molecule has 0 radical (unpaired) electrons. The summed E-state index contributed by atoms with van der Waals surface area (Å²) in [6.45, 7) is 3.32. The number of anilines is 1. The number of hydrogen-bond donors (Lipinski definition) is 3. The molecule has 1 aromatic rings. The molecule has 0 aliphatic carbocycles.